The summed E-state index contributed by atoms with van der Waals surface area (Å²) in [5.74, 6) is -0.872. The molecule has 2 aromatic rings. The standard InChI is InChI=1S/C30H40O10/c1-18-23(25-27(28(33-4)36-18)40-30(2,3)39-25)38-29-26(35-17-20-13-9-6-10-14-20)24(22(32)21(15-31)37-29)34-16-19-11-7-5-8-12-19/h5-14,18,21-29,31-32H,15-17H2,1-4H3/t18-,21+,22+,23-,24-,25+,26-,27+,28+,29-/m0/s1. The number of hydrogen-bond donors (Lipinski definition) is 2. The first-order valence-electron chi connectivity index (χ1n) is 13.7. The van der Waals surface area contributed by atoms with Crippen LogP contribution < -0.4 is 0 Å². The minimum Gasteiger partial charge on any atom is -0.394 e. The lowest BCUT2D eigenvalue weighted by atomic mass is 9.97. The van der Waals surface area contributed by atoms with Crippen LogP contribution in [0.2, 0.25) is 0 Å². The van der Waals surface area contributed by atoms with Crippen LogP contribution in [0.1, 0.15) is 31.9 Å². The Balaban J connectivity index is 1.41. The van der Waals surface area contributed by atoms with Crippen LogP contribution in [0.5, 0.6) is 0 Å². The summed E-state index contributed by atoms with van der Waals surface area (Å²) >= 11 is 0. The Morgan fingerprint density at radius 1 is 0.775 bits per heavy atom. The summed E-state index contributed by atoms with van der Waals surface area (Å²) in [5, 5.41) is 21.3. The first-order valence-corrected chi connectivity index (χ1v) is 13.7. The molecule has 3 heterocycles. The fourth-order valence-corrected chi connectivity index (χ4v) is 5.50. The van der Waals surface area contributed by atoms with Gasteiger partial charge in [-0.1, -0.05) is 60.7 Å². The van der Waals surface area contributed by atoms with Gasteiger partial charge in [0, 0.05) is 7.11 Å². The van der Waals surface area contributed by atoms with Crippen molar-refractivity contribution in [1.82, 2.24) is 0 Å². The second-order valence-corrected chi connectivity index (χ2v) is 10.8. The predicted octanol–water partition coefficient (Wildman–Crippen LogP) is 2.53. The van der Waals surface area contributed by atoms with Crippen LogP contribution in [0, 0.1) is 0 Å². The molecule has 5 rings (SSSR count). The molecular weight excluding hydrogens is 520 g/mol. The summed E-state index contributed by atoms with van der Waals surface area (Å²) in [5.41, 5.74) is 1.87. The summed E-state index contributed by atoms with van der Waals surface area (Å²) in [6, 6.07) is 19.3. The first-order chi connectivity index (χ1) is 19.3. The molecule has 0 radical (unpaired) electrons. The van der Waals surface area contributed by atoms with Crippen LogP contribution in [0.4, 0.5) is 0 Å². The monoisotopic (exact) mass is 560 g/mol. The normalized spacial score (nSPS) is 37.2. The number of benzene rings is 2. The minimum atomic E-state index is -1.16. The number of ether oxygens (including phenoxy) is 8. The van der Waals surface area contributed by atoms with Gasteiger partial charge in [-0.05, 0) is 31.9 Å². The van der Waals surface area contributed by atoms with Crippen molar-refractivity contribution < 1.29 is 48.1 Å². The van der Waals surface area contributed by atoms with Gasteiger partial charge in [-0.15, -0.1) is 0 Å². The molecule has 0 bridgehead atoms. The number of hydrogen-bond acceptors (Lipinski definition) is 10. The fraction of sp³-hybridized carbons (Fsp3) is 0.600. The highest BCUT2D eigenvalue weighted by molar-refractivity contribution is 5.14. The molecular formula is C30H40O10. The van der Waals surface area contributed by atoms with Crippen LogP contribution >= 0.6 is 0 Å². The van der Waals surface area contributed by atoms with Gasteiger partial charge in [-0.3, -0.25) is 0 Å². The maximum absolute atomic E-state index is 11.2. The van der Waals surface area contributed by atoms with Gasteiger partial charge < -0.3 is 48.1 Å². The Hall–Kier alpha value is -1.96. The van der Waals surface area contributed by atoms with E-state index in [0.717, 1.165) is 11.1 Å². The van der Waals surface area contributed by atoms with Crippen molar-refractivity contribution in [2.24, 2.45) is 0 Å². The van der Waals surface area contributed by atoms with Gasteiger partial charge in [0.2, 0.25) is 0 Å². The van der Waals surface area contributed by atoms with Gasteiger partial charge in [0.05, 0.1) is 25.9 Å². The van der Waals surface area contributed by atoms with E-state index < -0.39 is 73.8 Å². The van der Waals surface area contributed by atoms with E-state index in [9.17, 15) is 10.2 Å². The maximum Gasteiger partial charge on any atom is 0.187 e. The smallest absolute Gasteiger partial charge is 0.187 e. The van der Waals surface area contributed by atoms with Gasteiger partial charge in [-0.2, -0.15) is 0 Å². The van der Waals surface area contributed by atoms with Crippen molar-refractivity contribution in [2.75, 3.05) is 13.7 Å². The second-order valence-electron chi connectivity index (χ2n) is 10.8. The zero-order valence-electron chi connectivity index (χ0n) is 23.3. The van der Waals surface area contributed by atoms with Crippen LogP contribution in [-0.4, -0.2) is 91.1 Å². The van der Waals surface area contributed by atoms with E-state index >= 15 is 0 Å². The van der Waals surface area contributed by atoms with E-state index in [2.05, 4.69) is 0 Å². The molecule has 3 aliphatic rings. The summed E-state index contributed by atoms with van der Waals surface area (Å²) in [6.45, 7) is 5.55. The highest BCUT2D eigenvalue weighted by Gasteiger charge is 2.57. The van der Waals surface area contributed by atoms with E-state index in [1.807, 2.05) is 81.4 Å². The molecule has 0 unspecified atom stereocenters. The molecule has 0 amide bonds. The number of fused-ring (bicyclic) bond motifs is 1. The minimum absolute atomic E-state index is 0.229. The van der Waals surface area contributed by atoms with Crippen molar-refractivity contribution in [1.29, 1.82) is 0 Å². The second kappa shape index (κ2) is 12.9. The van der Waals surface area contributed by atoms with Crippen LogP contribution in [0.3, 0.4) is 0 Å². The van der Waals surface area contributed by atoms with Crippen molar-refractivity contribution in [2.45, 2.75) is 101 Å². The molecule has 2 N–H and O–H groups in total. The first kappa shape index (κ1) is 29.5. The van der Waals surface area contributed by atoms with Crippen LogP contribution in [0.15, 0.2) is 60.7 Å². The molecule has 40 heavy (non-hydrogen) atoms. The summed E-state index contributed by atoms with van der Waals surface area (Å²) in [6.07, 6.45) is -7.61. The van der Waals surface area contributed by atoms with Gasteiger partial charge in [0.15, 0.2) is 18.4 Å². The zero-order valence-corrected chi connectivity index (χ0v) is 23.3. The topological polar surface area (TPSA) is 114 Å². The Morgan fingerprint density at radius 3 is 1.93 bits per heavy atom. The number of aliphatic hydroxyl groups is 2. The lowest BCUT2D eigenvalue weighted by Gasteiger charge is -2.47. The number of rotatable bonds is 10. The molecule has 0 spiro atoms. The largest absolute Gasteiger partial charge is 0.394 e. The molecule has 10 heteroatoms. The lowest BCUT2D eigenvalue weighted by Crippen LogP contribution is -2.64. The molecule has 3 fully saturated rings. The SMILES string of the molecule is CO[C@@H]1O[C@@H](C)[C@H](O[C@@H]2O[C@H](CO)[C@@H](O)[C@H](OCc3ccccc3)[C@@H]2OCc2ccccc2)[C@H]2OC(C)(C)O[C@@H]12. The number of aliphatic hydroxyl groups excluding tert-OH is 2. The third kappa shape index (κ3) is 6.57. The maximum atomic E-state index is 11.2. The Bertz CT molecular complexity index is 1050. The molecule has 3 aliphatic heterocycles. The molecule has 0 aliphatic carbocycles. The third-order valence-corrected chi connectivity index (χ3v) is 7.46. The Morgan fingerprint density at radius 2 is 1.35 bits per heavy atom. The highest BCUT2D eigenvalue weighted by atomic mass is 16.8. The molecule has 10 atom stereocenters. The van der Waals surface area contributed by atoms with E-state index in [1.165, 1.54) is 0 Å². The molecule has 0 aromatic heterocycles. The molecule has 3 saturated heterocycles. The van der Waals surface area contributed by atoms with Gasteiger partial charge >= 0.3 is 0 Å². The molecule has 2 aromatic carbocycles. The average molecular weight is 561 g/mol. The van der Waals surface area contributed by atoms with Crippen LogP contribution in [-0.2, 0) is 51.1 Å². The molecule has 220 valence electrons. The fourth-order valence-electron chi connectivity index (χ4n) is 5.50. The molecule has 10 nitrogen and oxygen atoms in total. The van der Waals surface area contributed by atoms with Gasteiger partial charge in [0.1, 0.15) is 42.7 Å². The average Bonchev–Trinajstić information content (AvgIpc) is 3.29. The van der Waals surface area contributed by atoms with Crippen molar-refractivity contribution >= 4 is 0 Å². The third-order valence-electron chi connectivity index (χ3n) is 7.46. The van der Waals surface area contributed by atoms with Crippen molar-refractivity contribution in [3.8, 4) is 0 Å². The van der Waals surface area contributed by atoms with Crippen molar-refractivity contribution in [3.63, 3.8) is 0 Å². The Kier molecular flexibility index (Phi) is 9.53. The summed E-state index contributed by atoms with van der Waals surface area (Å²) in [7, 11) is 1.56. The zero-order chi connectivity index (χ0) is 28.3. The van der Waals surface area contributed by atoms with E-state index in [-0.39, 0.29) is 13.2 Å². The van der Waals surface area contributed by atoms with Gasteiger partial charge in [-0.25, -0.2) is 0 Å². The van der Waals surface area contributed by atoms with Crippen LogP contribution in [0.25, 0.3) is 0 Å². The van der Waals surface area contributed by atoms with E-state index in [0.29, 0.717) is 0 Å². The predicted molar refractivity (Wildman–Crippen MR) is 142 cm³/mol. The van der Waals surface area contributed by atoms with Crippen molar-refractivity contribution in [3.05, 3.63) is 71.8 Å². The van der Waals surface area contributed by atoms with E-state index in [4.69, 9.17) is 37.9 Å². The summed E-state index contributed by atoms with van der Waals surface area (Å²) < 4.78 is 49.3. The van der Waals surface area contributed by atoms with E-state index in [1.54, 1.807) is 7.11 Å². The van der Waals surface area contributed by atoms with Gasteiger partial charge in [0.25, 0.3) is 0 Å². The molecule has 0 saturated carbocycles. The Labute approximate surface area is 235 Å². The number of methoxy groups -OCH3 is 1. The highest BCUT2D eigenvalue weighted by Crippen LogP contribution is 2.40. The quantitative estimate of drug-likeness (QED) is 0.449. The summed E-state index contributed by atoms with van der Waals surface area (Å²) in [4.78, 5) is 0. The lowest BCUT2D eigenvalue weighted by molar-refractivity contribution is -0.354.